The number of fused-ring (bicyclic) bond motifs is 1. The number of aromatic amines is 1. The third kappa shape index (κ3) is 3.46. The predicted molar refractivity (Wildman–Crippen MR) is 92.5 cm³/mol. The van der Waals surface area contributed by atoms with Crippen molar-refractivity contribution < 1.29 is 4.79 Å². The number of pyridine rings is 1. The van der Waals surface area contributed by atoms with Crippen molar-refractivity contribution in [2.24, 2.45) is 5.92 Å². The molecule has 1 saturated carbocycles. The maximum atomic E-state index is 12.2. The lowest BCUT2D eigenvalue weighted by molar-refractivity contribution is -0.126. The summed E-state index contributed by atoms with van der Waals surface area (Å²) in [5.41, 5.74) is 3.62. The fourth-order valence-electron chi connectivity index (χ4n) is 3.54. The van der Waals surface area contributed by atoms with Crippen LogP contribution in [0.25, 0.3) is 10.9 Å². The van der Waals surface area contributed by atoms with E-state index >= 15 is 0 Å². The van der Waals surface area contributed by atoms with E-state index in [0.717, 1.165) is 47.7 Å². The first-order valence-corrected chi connectivity index (χ1v) is 8.45. The topological polar surface area (TPSA) is 62.0 Å². The molecule has 2 N–H and O–H groups in total. The molecule has 122 valence electrons. The molecule has 0 atom stereocenters. The summed E-state index contributed by atoms with van der Waals surface area (Å²) in [5.74, 6) is 0.206. The van der Waals surface area contributed by atoms with E-state index in [9.17, 15) is 9.59 Å². The number of amides is 1. The molecule has 23 heavy (non-hydrogen) atoms. The maximum Gasteiger partial charge on any atom is 0.253 e. The molecule has 1 fully saturated rings. The number of hydrogen-bond acceptors (Lipinski definition) is 2. The van der Waals surface area contributed by atoms with Crippen molar-refractivity contribution in [3.63, 3.8) is 0 Å². The molecule has 2 aromatic rings. The number of rotatable bonds is 3. The van der Waals surface area contributed by atoms with Crippen molar-refractivity contribution in [1.29, 1.82) is 0 Å². The van der Waals surface area contributed by atoms with Crippen molar-refractivity contribution in [2.45, 2.75) is 52.5 Å². The molecule has 0 aliphatic heterocycles. The summed E-state index contributed by atoms with van der Waals surface area (Å²) in [7, 11) is 0. The van der Waals surface area contributed by atoms with Crippen molar-refractivity contribution in [3.05, 3.63) is 45.2 Å². The zero-order valence-electron chi connectivity index (χ0n) is 13.9. The first-order valence-electron chi connectivity index (χ1n) is 8.45. The highest BCUT2D eigenvalue weighted by Crippen LogP contribution is 2.23. The molecular formula is C19H24N2O2. The summed E-state index contributed by atoms with van der Waals surface area (Å²) in [6.45, 7) is 4.36. The molecule has 0 unspecified atom stereocenters. The third-order valence-corrected chi connectivity index (χ3v) is 4.82. The van der Waals surface area contributed by atoms with Crippen LogP contribution in [0.15, 0.2) is 23.0 Å². The Labute approximate surface area is 136 Å². The van der Waals surface area contributed by atoms with Crippen molar-refractivity contribution >= 4 is 16.8 Å². The monoisotopic (exact) mass is 312 g/mol. The molecule has 0 radical (unpaired) electrons. The average molecular weight is 312 g/mol. The standard InChI is InChI=1S/C19H24N2O2/c1-12-8-13(2)16-10-15(19(23)21-17(16)9-12)11-20-18(22)14-6-4-3-5-7-14/h8-10,14H,3-7,11H2,1-2H3,(H,20,22)(H,21,23). The van der Waals surface area contributed by atoms with Crippen LogP contribution >= 0.6 is 0 Å². The largest absolute Gasteiger partial charge is 0.352 e. The molecule has 0 bridgehead atoms. The van der Waals surface area contributed by atoms with Gasteiger partial charge in [0.15, 0.2) is 0 Å². The second-order valence-corrected chi connectivity index (χ2v) is 6.72. The lowest BCUT2D eigenvalue weighted by atomic mass is 9.88. The van der Waals surface area contributed by atoms with Gasteiger partial charge in [-0.3, -0.25) is 9.59 Å². The van der Waals surface area contributed by atoms with Gasteiger partial charge < -0.3 is 10.3 Å². The van der Waals surface area contributed by atoms with Gasteiger partial charge in [0.05, 0.1) is 0 Å². The SMILES string of the molecule is Cc1cc(C)c2cc(CNC(=O)C3CCCCC3)c(=O)[nH]c2c1. The van der Waals surface area contributed by atoms with E-state index < -0.39 is 0 Å². The molecule has 1 heterocycles. The molecule has 1 aromatic carbocycles. The zero-order chi connectivity index (χ0) is 16.4. The van der Waals surface area contributed by atoms with Crippen LogP contribution in [0.1, 0.15) is 48.8 Å². The van der Waals surface area contributed by atoms with Crippen LogP contribution in [0, 0.1) is 19.8 Å². The molecule has 1 amide bonds. The van der Waals surface area contributed by atoms with Gasteiger partial charge in [0.25, 0.3) is 5.56 Å². The number of benzene rings is 1. The highest BCUT2D eigenvalue weighted by atomic mass is 16.2. The van der Waals surface area contributed by atoms with Crippen molar-refractivity contribution in [1.82, 2.24) is 10.3 Å². The van der Waals surface area contributed by atoms with Crippen LogP contribution in [-0.4, -0.2) is 10.9 Å². The fraction of sp³-hybridized carbons (Fsp3) is 0.474. The Kier molecular flexibility index (Phi) is 4.51. The molecule has 4 nitrogen and oxygen atoms in total. The normalized spacial score (nSPS) is 15.7. The van der Waals surface area contributed by atoms with E-state index in [-0.39, 0.29) is 17.4 Å². The van der Waals surface area contributed by atoms with E-state index in [2.05, 4.69) is 16.4 Å². The second kappa shape index (κ2) is 6.57. The van der Waals surface area contributed by atoms with Crippen LogP contribution < -0.4 is 10.9 Å². The number of H-pyrrole nitrogens is 1. The van der Waals surface area contributed by atoms with Gasteiger partial charge in [0, 0.05) is 28.9 Å². The van der Waals surface area contributed by atoms with Crippen molar-refractivity contribution in [2.75, 3.05) is 0 Å². The summed E-state index contributed by atoms with van der Waals surface area (Å²) in [4.78, 5) is 27.4. The van der Waals surface area contributed by atoms with E-state index in [1.807, 2.05) is 26.0 Å². The second-order valence-electron chi connectivity index (χ2n) is 6.72. The van der Waals surface area contributed by atoms with Crippen molar-refractivity contribution in [3.8, 4) is 0 Å². The molecule has 0 saturated heterocycles. The Morgan fingerprint density at radius 1 is 1.17 bits per heavy atom. The lowest BCUT2D eigenvalue weighted by Crippen LogP contribution is -2.33. The van der Waals surface area contributed by atoms with Crippen LogP contribution in [0.4, 0.5) is 0 Å². The Hall–Kier alpha value is -2.10. The van der Waals surface area contributed by atoms with Gasteiger partial charge in [-0.1, -0.05) is 25.3 Å². The maximum absolute atomic E-state index is 12.2. The minimum atomic E-state index is -0.119. The number of carbonyl (C=O) groups is 1. The highest BCUT2D eigenvalue weighted by Gasteiger charge is 2.20. The summed E-state index contributed by atoms with van der Waals surface area (Å²) in [6, 6.07) is 5.99. The van der Waals surface area contributed by atoms with E-state index in [1.54, 1.807) is 0 Å². The van der Waals surface area contributed by atoms with E-state index in [4.69, 9.17) is 0 Å². The summed E-state index contributed by atoms with van der Waals surface area (Å²) in [6.07, 6.45) is 5.43. The van der Waals surface area contributed by atoms with Gasteiger partial charge in [0.2, 0.25) is 5.91 Å². The minimum Gasteiger partial charge on any atom is -0.352 e. The van der Waals surface area contributed by atoms with Gasteiger partial charge in [0.1, 0.15) is 0 Å². The number of nitrogens with one attached hydrogen (secondary N) is 2. The first kappa shape index (κ1) is 15.8. The quantitative estimate of drug-likeness (QED) is 0.913. The summed E-state index contributed by atoms with van der Waals surface area (Å²) < 4.78 is 0. The van der Waals surface area contributed by atoms with Gasteiger partial charge in [-0.25, -0.2) is 0 Å². The Balaban J connectivity index is 1.78. The Bertz CT molecular complexity index is 786. The number of hydrogen-bond donors (Lipinski definition) is 2. The Morgan fingerprint density at radius 2 is 1.91 bits per heavy atom. The molecule has 1 aliphatic carbocycles. The molecule has 1 aromatic heterocycles. The van der Waals surface area contributed by atoms with Crippen LogP contribution in [-0.2, 0) is 11.3 Å². The number of aryl methyl sites for hydroxylation is 2. The average Bonchev–Trinajstić information content (AvgIpc) is 2.53. The van der Waals surface area contributed by atoms with E-state index in [1.165, 1.54) is 6.42 Å². The van der Waals surface area contributed by atoms with Gasteiger partial charge >= 0.3 is 0 Å². The molecule has 4 heteroatoms. The van der Waals surface area contributed by atoms with Gasteiger partial charge in [-0.2, -0.15) is 0 Å². The third-order valence-electron chi connectivity index (χ3n) is 4.82. The smallest absolute Gasteiger partial charge is 0.253 e. The van der Waals surface area contributed by atoms with Crippen LogP contribution in [0.5, 0.6) is 0 Å². The van der Waals surface area contributed by atoms with Gasteiger partial charge in [-0.05, 0) is 49.9 Å². The number of aromatic nitrogens is 1. The summed E-state index contributed by atoms with van der Waals surface area (Å²) >= 11 is 0. The molecular weight excluding hydrogens is 288 g/mol. The molecule has 0 spiro atoms. The summed E-state index contributed by atoms with van der Waals surface area (Å²) in [5, 5.41) is 3.99. The van der Waals surface area contributed by atoms with Gasteiger partial charge in [-0.15, -0.1) is 0 Å². The molecule has 3 rings (SSSR count). The zero-order valence-corrected chi connectivity index (χ0v) is 13.9. The van der Waals surface area contributed by atoms with Crippen LogP contribution in [0.3, 0.4) is 0 Å². The predicted octanol–water partition coefficient (Wildman–Crippen LogP) is 3.34. The number of carbonyl (C=O) groups excluding carboxylic acids is 1. The van der Waals surface area contributed by atoms with E-state index in [0.29, 0.717) is 12.1 Å². The fourth-order valence-corrected chi connectivity index (χ4v) is 3.54. The van der Waals surface area contributed by atoms with Crippen LogP contribution in [0.2, 0.25) is 0 Å². The first-order chi connectivity index (χ1) is 11.0. The lowest BCUT2D eigenvalue weighted by Gasteiger charge is -2.20. The Morgan fingerprint density at radius 3 is 2.65 bits per heavy atom. The minimum absolute atomic E-state index is 0.0878. The molecule has 1 aliphatic rings. The highest BCUT2D eigenvalue weighted by molar-refractivity contribution is 5.83.